The quantitative estimate of drug-likeness (QED) is 0.918. The maximum Gasteiger partial charge on any atom is 0.0331 e. The summed E-state index contributed by atoms with van der Waals surface area (Å²) in [6, 6.07) is 11.5. The molecule has 0 aliphatic heterocycles. The van der Waals surface area contributed by atoms with E-state index in [4.69, 9.17) is 0 Å². The van der Waals surface area contributed by atoms with Crippen LogP contribution in [0.1, 0.15) is 42.1 Å². The third-order valence-corrected chi connectivity index (χ3v) is 4.31. The van der Waals surface area contributed by atoms with Crippen LogP contribution >= 0.6 is 15.9 Å². The van der Waals surface area contributed by atoms with Gasteiger partial charge in [-0.1, -0.05) is 28.1 Å². The van der Waals surface area contributed by atoms with Gasteiger partial charge in [0.1, 0.15) is 0 Å². The van der Waals surface area contributed by atoms with Crippen molar-refractivity contribution in [3.05, 3.63) is 63.9 Å². The van der Waals surface area contributed by atoms with E-state index in [9.17, 15) is 0 Å². The number of nitrogens with zero attached hydrogens (tertiary/aromatic N) is 1. The molecule has 1 aliphatic carbocycles. The molecule has 1 unspecified atom stereocenters. The maximum absolute atomic E-state index is 4.19. The summed E-state index contributed by atoms with van der Waals surface area (Å²) in [5, 5.41) is 3.72. The Hall–Kier alpha value is -1.19. The van der Waals surface area contributed by atoms with E-state index in [-0.39, 0.29) is 0 Å². The lowest BCUT2D eigenvalue weighted by molar-refractivity contribution is 0.464. The first-order valence-electron chi connectivity index (χ1n) is 6.68. The smallest absolute Gasteiger partial charge is 0.0331 e. The Kier molecular flexibility index (Phi) is 3.67. The predicted octanol–water partition coefficient (Wildman–Crippen LogP) is 4.18. The number of fused-ring (bicyclic) bond motifs is 1. The van der Waals surface area contributed by atoms with Crippen LogP contribution in [0.15, 0.2) is 47.2 Å². The van der Waals surface area contributed by atoms with Crippen molar-refractivity contribution >= 4 is 15.9 Å². The Balaban J connectivity index is 1.76. The summed E-state index contributed by atoms with van der Waals surface area (Å²) in [6.07, 6.45) is 6.09. The highest BCUT2D eigenvalue weighted by atomic mass is 79.9. The van der Waals surface area contributed by atoms with Gasteiger partial charge >= 0.3 is 0 Å². The Bertz CT molecular complexity index is 568. The first kappa shape index (κ1) is 12.8. The zero-order valence-electron chi connectivity index (χ0n) is 10.9. The van der Waals surface area contributed by atoms with E-state index in [1.807, 2.05) is 18.5 Å². The Labute approximate surface area is 122 Å². The third kappa shape index (κ3) is 2.72. The molecule has 3 heteroatoms. The lowest BCUT2D eigenvalue weighted by Gasteiger charge is -2.20. The van der Waals surface area contributed by atoms with E-state index in [1.165, 1.54) is 27.6 Å². The summed E-state index contributed by atoms with van der Waals surface area (Å²) in [6.45, 7) is 2.20. The van der Waals surface area contributed by atoms with Gasteiger partial charge < -0.3 is 5.32 Å². The molecule has 0 saturated heterocycles. The fourth-order valence-corrected chi connectivity index (χ4v) is 3.20. The van der Waals surface area contributed by atoms with Crippen LogP contribution in [0, 0.1) is 0 Å². The summed E-state index contributed by atoms with van der Waals surface area (Å²) < 4.78 is 1.17. The van der Waals surface area contributed by atoms with Crippen LogP contribution < -0.4 is 5.32 Å². The van der Waals surface area contributed by atoms with Crippen molar-refractivity contribution in [1.29, 1.82) is 0 Å². The number of aromatic nitrogens is 1. The summed E-state index contributed by atoms with van der Waals surface area (Å²) in [5.41, 5.74) is 4.15. The number of benzene rings is 1. The molecule has 0 amide bonds. The molecule has 1 aliphatic rings. The van der Waals surface area contributed by atoms with Crippen LogP contribution in [0.2, 0.25) is 0 Å². The summed E-state index contributed by atoms with van der Waals surface area (Å²) >= 11 is 3.54. The van der Waals surface area contributed by atoms with Gasteiger partial charge in [-0.05, 0) is 54.7 Å². The van der Waals surface area contributed by atoms with Crippen molar-refractivity contribution < 1.29 is 0 Å². The minimum atomic E-state index is 0.327. The number of hydrogen-bond acceptors (Lipinski definition) is 2. The molecular weight excluding hydrogens is 300 g/mol. The van der Waals surface area contributed by atoms with Crippen molar-refractivity contribution in [2.24, 2.45) is 0 Å². The second-order valence-electron chi connectivity index (χ2n) is 5.11. The molecule has 98 valence electrons. The first-order chi connectivity index (χ1) is 9.24. The van der Waals surface area contributed by atoms with Gasteiger partial charge in [0, 0.05) is 29.0 Å². The van der Waals surface area contributed by atoms with E-state index in [0.29, 0.717) is 12.1 Å². The normalized spacial score (nSPS) is 19.2. The number of nitrogens with one attached hydrogen (secondary N) is 1. The molecule has 2 nitrogen and oxygen atoms in total. The second-order valence-corrected chi connectivity index (χ2v) is 6.02. The number of pyridine rings is 1. The van der Waals surface area contributed by atoms with Crippen molar-refractivity contribution in [2.45, 2.75) is 31.8 Å². The highest BCUT2D eigenvalue weighted by Crippen LogP contribution is 2.34. The number of rotatable bonds is 3. The predicted molar refractivity (Wildman–Crippen MR) is 81.0 cm³/mol. The topological polar surface area (TPSA) is 24.9 Å². The molecule has 1 aromatic heterocycles. The fourth-order valence-electron chi connectivity index (χ4n) is 2.79. The number of hydrogen-bond donors (Lipinski definition) is 1. The number of halogens is 1. The van der Waals surface area contributed by atoms with Crippen molar-refractivity contribution in [3.63, 3.8) is 0 Å². The van der Waals surface area contributed by atoms with Crippen LogP contribution in [-0.4, -0.2) is 4.98 Å². The van der Waals surface area contributed by atoms with E-state index < -0.39 is 0 Å². The lowest BCUT2D eigenvalue weighted by atomic mass is 10.1. The van der Waals surface area contributed by atoms with Gasteiger partial charge in [-0.25, -0.2) is 0 Å². The molecule has 0 fully saturated rings. The Morgan fingerprint density at radius 3 is 3.05 bits per heavy atom. The van der Waals surface area contributed by atoms with Gasteiger partial charge in [-0.3, -0.25) is 4.98 Å². The molecule has 0 spiro atoms. The third-order valence-electron chi connectivity index (χ3n) is 3.82. The van der Waals surface area contributed by atoms with E-state index in [1.54, 1.807) is 0 Å². The molecule has 1 N–H and O–H groups in total. The Morgan fingerprint density at radius 2 is 2.26 bits per heavy atom. The Morgan fingerprint density at radius 1 is 1.37 bits per heavy atom. The maximum atomic E-state index is 4.19. The van der Waals surface area contributed by atoms with E-state index >= 15 is 0 Å². The highest BCUT2D eigenvalue weighted by Gasteiger charge is 2.23. The molecule has 2 aromatic rings. The zero-order chi connectivity index (χ0) is 13.2. The summed E-state index contributed by atoms with van der Waals surface area (Å²) in [5.74, 6) is 0. The average Bonchev–Trinajstić information content (AvgIpc) is 2.82. The van der Waals surface area contributed by atoms with Gasteiger partial charge in [0.2, 0.25) is 0 Å². The monoisotopic (exact) mass is 316 g/mol. The lowest BCUT2D eigenvalue weighted by Crippen LogP contribution is -2.23. The minimum Gasteiger partial charge on any atom is -0.303 e. The largest absolute Gasteiger partial charge is 0.303 e. The van der Waals surface area contributed by atoms with Crippen LogP contribution in [0.5, 0.6) is 0 Å². The molecule has 1 aromatic carbocycles. The standard InChI is InChI=1S/C16H17BrN2/c1-11(13-3-2-8-18-10-13)19-16-7-4-12-9-14(17)5-6-15(12)16/h2-3,5-6,8-11,16,19H,4,7H2,1H3/t11-,16?/m1/s1. The van der Waals surface area contributed by atoms with Gasteiger partial charge in [-0.15, -0.1) is 0 Å². The van der Waals surface area contributed by atoms with Crippen LogP contribution in [0.4, 0.5) is 0 Å². The molecular formula is C16H17BrN2. The summed E-state index contributed by atoms with van der Waals surface area (Å²) in [7, 11) is 0. The van der Waals surface area contributed by atoms with Crippen LogP contribution in [0.25, 0.3) is 0 Å². The molecule has 19 heavy (non-hydrogen) atoms. The second kappa shape index (κ2) is 5.43. The van der Waals surface area contributed by atoms with Crippen molar-refractivity contribution in [3.8, 4) is 0 Å². The summed E-state index contributed by atoms with van der Waals surface area (Å²) in [4.78, 5) is 4.19. The molecule has 3 rings (SSSR count). The molecule has 0 bridgehead atoms. The number of aryl methyl sites for hydroxylation is 1. The van der Waals surface area contributed by atoms with Gasteiger partial charge in [0.05, 0.1) is 0 Å². The molecule has 0 radical (unpaired) electrons. The minimum absolute atomic E-state index is 0.327. The van der Waals surface area contributed by atoms with Gasteiger partial charge in [-0.2, -0.15) is 0 Å². The van der Waals surface area contributed by atoms with Crippen molar-refractivity contribution in [2.75, 3.05) is 0 Å². The van der Waals surface area contributed by atoms with Crippen molar-refractivity contribution in [1.82, 2.24) is 10.3 Å². The van der Waals surface area contributed by atoms with E-state index in [0.717, 1.165) is 6.42 Å². The van der Waals surface area contributed by atoms with Gasteiger partial charge in [0.25, 0.3) is 0 Å². The first-order valence-corrected chi connectivity index (χ1v) is 7.47. The van der Waals surface area contributed by atoms with Crippen LogP contribution in [-0.2, 0) is 6.42 Å². The average molecular weight is 317 g/mol. The molecule has 2 atom stereocenters. The highest BCUT2D eigenvalue weighted by molar-refractivity contribution is 9.10. The van der Waals surface area contributed by atoms with Crippen LogP contribution in [0.3, 0.4) is 0 Å². The molecule has 0 saturated carbocycles. The van der Waals surface area contributed by atoms with Gasteiger partial charge in [0.15, 0.2) is 0 Å². The fraction of sp³-hybridized carbons (Fsp3) is 0.312. The molecule has 1 heterocycles. The zero-order valence-corrected chi connectivity index (χ0v) is 12.5. The van der Waals surface area contributed by atoms with E-state index in [2.05, 4.69) is 57.4 Å². The SMILES string of the molecule is C[C@@H](NC1CCc2cc(Br)ccc21)c1cccnc1.